The highest BCUT2D eigenvalue weighted by Crippen LogP contribution is 2.49. The normalized spacial score (nSPS) is 17.3. The Hall–Kier alpha value is -1.33. The number of carbonyl (C=O) groups excluding carboxylic acids is 1. The van der Waals surface area contributed by atoms with Crippen LogP contribution in [0.1, 0.15) is 63.6 Å². The maximum absolute atomic E-state index is 11.3. The summed E-state index contributed by atoms with van der Waals surface area (Å²) in [6, 6.07) is 3.59. The zero-order valence-electron chi connectivity index (χ0n) is 15.9. The van der Waals surface area contributed by atoms with Crippen molar-refractivity contribution >= 4 is 14.6 Å². The summed E-state index contributed by atoms with van der Waals surface area (Å²) < 4.78 is 18.1. The highest BCUT2D eigenvalue weighted by atomic mass is 28.4. The summed E-state index contributed by atoms with van der Waals surface area (Å²) >= 11 is 0. The molecule has 1 aromatic rings. The summed E-state index contributed by atoms with van der Waals surface area (Å²) in [4.78, 5) is 11.3. The fourth-order valence-corrected chi connectivity index (χ4v) is 9.76. The number of rotatable bonds is 7. The van der Waals surface area contributed by atoms with E-state index in [9.17, 15) is 4.79 Å². The van der Waals surface area contributed by atoms with E-state index in [1.54, 1.807) is 13.2 Å². The largest absolute Gasteiger partial charge is 0.493 e. The lowest BCUT2D eigenvalue weighted by Crippen LogP contribution is -2.48. The standard InChI is InChI=1S/C19H30O4Si/c1-12(2)24(13(3)4,14(5)6)23-18-11-22-19-16(18)8-15(10-20)9-17(19)21-7/h8-10,12-14,18H,11H2,1-7H3. The van der Waals surface area contributed by atoms with Gasteiger partial charge in [0.2, 0.25) is 8.32 Å². The predicted molar refractivity (Wildman–Crippen MR) is 98.8 cm³/mol. The van der Waals surface area contributed by atoms with Crippen LogP contribution in [-0.2, 0) is 4.43 Å². The van der Waals surface area contributed by atoms with Crippen molar-refractivity contribution in [3.63, 3.8) is 0 Å². The molecule has 0 saturated carbocycles. The molecule has 5 heteroatoms. The molecule has 0 fully saturated rings. The molecule has 0 aromatic heterocycles. The van der Waals surface area contributed by atoms with Crippen LogP contribution < -0.4 is 9.47 Å². The molecule has 0 saturated heterocycles. The van der Waals surface area contributed by atoms with Crippen LogP contribution in [0.25, 0.3) is 0 Å². The minimum atomic E-state index is -2.03. The highest BCUT2D eigenvalue weighted by molar-refractivity contribution is 6.77. The van der Waals surface area contributed by atoms with Gasteiger partial charge in [0.1, 0.15) is 19.0 Å². The number of hydrogen-bond acceptors (Lipinski definition) is 4. The molecule has 1 aromatic carbocycles. The Bertz CT molecular complexity index is 574. The van der Waals surface area contributed by atoms with Crippen LogP contribution in [0, 0.1) is 0 Å². The van der Waals surface area contributed by atoms with E-state index in [4.69, 9.17) is 13.9 Å². The van der Waals surface area contributed by atoms with Gasteiger partial charge in [-0.2, -0.15) is 0 Å². The minimum absolute atomic E-state index is 0.132. The summed E-state index contributed by atoms with van der Waals surface area (Å²) in [5.74, 6) is 1.32. The van der Waals surface area contributed by atoms with E-state index in [0.717, 1.165) is 11.8 Å². The molecule has 0 radical (unpaired) electrons. The van der Waals surface area contributed by atoms with Crippen LogP contribution >= 0.6 is 0 Å². The fraction of sp³-hybridized carbons (Fsp3) is 0.632. The van der Waals surface area contributed by atoms with E-state index in [-0.39, 0.29) is 6.10 Å². The number of methoxy groups -OCH3 is 1. The molecule has 0 aliphatic carbocycles. The third-order valence-corrected chi connectivity index (χ3v) is 11.3. The molecule has 24 heavy (non-hydrogen) atoms. The van der Waals surface area contributed by atoms with Crippen molar-refractivity contribution in [1.82, 2.24) is 0 Å². The third kappa shape index (κ3) is 3.11. The number of fused-ring (bicyclic) bond motifs is 1. The van der Waals surface area contributed by atoms with Crippen LogP contribution in [0.15, 0.2) is 12.1 Å². The summed E-state index contributed by atoms with van der Waals surface area (Å²) in [6.45, 7) is 14.1. The van der Waals surface area contributed by atoms with Gasteiger partial charge in [-0.05, 0) is 28.8 Å². The number of benzene rings is 1. The van der Waals surface area contributed by atoms with Gasteiger partial charge in [-0.1, -0.05) is 41.5 Å². The van der Waals surface area contributed by atoms with Gasteiger partial charge in [0, 0.05) is 11.1 Å². The first-order chi connectivity index (χ1) is 11.3. The van der Waals surface area contributed by atoms with Gasteiger partial charge in [0.05, 0.1) is 7.11 Å². The average molecular weight is 351 g/mol. The molecule has 1 aliphatic heterocycles. The van der Waals surface area contributed by atoms with Crippen molar-refractivity contribution in [2.75, 3.05) is 13.7 Å². The second kappa shape index (κ2) is 7.27. The zero-order chi connectivity index (χ0) is 18.1. The maximum atomic E-state index is 11.3. The van der Waals surface area contributed by atoms with Crippen molar-refractivity contribution in [2.45, 2.75) is 64.3 Å². The van der Waals surface area contributed by atoms with Gasteiger partial charge in [-0.15, -0.1) is 0 Å². The first kappa shape index (κ1) is 19.0. The average Bonchev–Trinajstić information content (AvgIpc) is 2.93. The molecule has 0 spiro atoms. The molecule has 134 valence electrons. The van der Waals surface area contributed by atoms with E-state index >= 15 is 0 Å². The lowest BCUT2D eigenvalue weighted by Gasteiger charge is -2.43. The molecule has 2 rings (SSSR count). The van der Waals surface area contributed by atoms with Crippen molar-refractivity contribution in [3.8, 4) is 11.5 Å². The molecule has 1 atom stereocenters. The SMILES string of the molecule is COc1cc(C=O)cc2c1OCC2O[Si](C(C)C)(C(C)C)C(C)C. The first-order valence-corrected chi connectivity index (χ1v) is 10.9. The molecule has 1 unspecified atom stereocenters. The third-order valence-electron chi connectivity index (χ3n) is 5.24. The minimum Gasteiger partial charge on any atom is -0.493 e. The Morgan fingerprint density at radius 3 is 2.17 bits per heavy atom. The zero-order valence-corrected chi connectivity index (χ0v) is 16.9. The van der Waals surface area contributed by atoms with Crippen molar-refractivity contribution in [2.24, 2.45) is 0 Å². The second-order valence-electron chi connectivity index (χ2n) is 7.49. The smallest absolute Gasteiger partial charge is 0.201 e. The number of hydrogen-bond donors (Lipinski definition) is 0. The van der Waals surface area contributed by atoms with Crippen LogP contribution in [0.3, 0.4) is 0 Å². The van der Waals surface area contributed by atoms with Crippen molar-refractivity contribution < 1.29 is 18.7 Å². The Balaban J connectivity index is 2.45. The molecule has 0 N–H and O–H groups in total. The first-order valence-electron chi connectivity index (χ1n) is 8.75. The van der Waals surface area contributed by atoms with E-state index in [1.807, 2.05) is 6.07 Å². The Morgan fingerprint density at radius 2 is 1.71 bits per heavy atom. The predicted octanol–water partition coefficient (Wildman–Crippen LogP) is 5.13. The van der Waals surface area contributed by atoms with E-state index in [2.05, 4.69) is 41.5 Å². The number of ether oxygens (including phenoxy) is 2. The number of aldehydes is 1. The van der Waals surface area contributed by atoms with Crippen LogP contribution in [0.2, 0.25) is 16.6 Å². The molecule has 0 amide bonds. The van der Waals surface area contributed by atoms with Gasteiger partial charge in [0.15, 0.2) is 11.5 Å². The molecule has 4 nitrogen and oxygen atoms in total. The summed E-state index contributed by atoms with van der Waals surface area (Å²) in [5.41, 5.74) is 3.03. The van der Waals surface area contributed by atoms with E-state index < -0.39 is 8.32 Å². The van der Waals surface area contributed by atoms with E-state index in [1.165, 1.54) is 0 Å². The van der Waals surface area contributed by atoms with Gasteiger partial charge in [-0.3, -0.25) is 4.79 Å². The van der Waals surface area contributed by atoms with Gasteiger partial charge >= 0.3 is 0 Å². The van der Waals surface area contributed by atoms with Gasteiger partial charge in [0.25, 0.3) is 0 Å². The quantitative estimate of drug-likeness (QED) is 0.505. The van der Waals surface area contributed by atoms with E-state index in [0.29, 0.717) is 40.3 Å². The summed E-state index contributed by atoms with van der Waals surface area (Å²) in [7, 11) is -0.431. The molecular formula is C19H30O4Si. The van der Waals surface area contributed by atoms with Crippen LogP contribution in [-0.4, -0.2) is 28.3 Å². The molecule has 0 bridgehead atoms. The topological polar surface area (TPSA) is 44.8 Å². The lowest BCUT2D eigenvalue weighted by atomic mass is 10.1. The Kier molecular flexibility index (Phi) is 5.76. The fourth-order valence-electron chi connectivity index (χ4n) is 4.26. The van der Waals surface area contributed by atoms with Crippen LogP contribution in [0.5, 0.6) is 11.5 Å². The molecule has 1 aliphatic rings. The lowest BCUT2D eigenvalue weighted by molar-refractivity contribution is 0.112. The summed E-state index contributed by atoms with van der Waals surface area (Å²) in [6.07, 6.45) is 0.712. The van der Waals surface area contributed by atoms with Gasteiger partial charge in [-0.25, -0.2) is 0 Å². The van der Waals surface area contributed by atoms with Gasteiger partial charge < -0.3 is 13.9 Å². The molecule has 1 heterocycles. The maximum Gasteiger partial charge on any atom is 0.201 e. The Morgan fingerprint density at radius 1 is 1.12 bits per heavy atom. The summed E-state index contributed by atoms with van der Waals surface area (Å²) in [5, 5.41) is 0. The number of carbonyl (C=O) groups is 1. The van der Waals surface area contributed by atoms with Crippen molar-refractivity contribution in [1.29, 1.82) is 0 Å². The van der Waals surface area contributed by atoms with Crippen molar-refractivity contribution in [3.05, 3.63) is 23.3 Å². The molecular weight excluding hydrogens is 320 g/mol. The highest BCUT2D eigenvalue weighted by Gasteiger charge is 2.48. The Labute approximate surface area is 146 Å². The second-order valence-corrected chi connectivity index (χ2v) is 12.9. The van der Waals surface area contributed by atoms with Crippen LogP contribution in [0.4, 0.5) is 0 Å². The monoisotopic (exact) mass is 350 g/mol.